The van der Waals surface area contributed by atoms with Crippen LogP contribution in [0.1, 0.15) is 25.6 Å². The first-order valence-electron chi connectivity index (χ1n) is 9.68. The van der Waals surface area contributed by atoms with Gasteiger partial charge in [0.1, 0.15) is 0 Å². The summed E-state index contributed by atoms with van der Waals surface area (Å²) in [5.41, 5.74) is 2.07. The fourth-order valence-corrected chi connectivity index (χ4v) is 4.34. The molecule has 2 amide bonds. The van der Waals surface area contributed by atoms with Crippen molar-refractivity contribution in [2.75, 3.05) is 31.5 Å². The minimum Gasteiger partial charge on any atom is -0.379 e. The molecule has 30 heavy (non-hydrogen) atoms. The SMILES string of the molecule is O=C(c1ccccc1)N1CCN(C(=O)c2ccccc2NCc2cnc(Cl)s2)CC1. The highest BCUT2D eigenvalue weighted by atomic mass is 35.5. The van der Waals surface area contributed by atoms with Crippen molar-refractivity contribution in [3.05, 3.63) is 81.3 Å². The lowest BCUT2D eigenvalue weighted by Crippen LogP contribution is -2.50. The maximum atomic E-state index is 13.1. The number of anilines is 1. The lowest BCUT2D eigenvalue weighted by Gasteiger charge is -2.35. The standard InChI is InChI=1S/C22H21ClN4O2S/c23-22-25-15-17(30-22)14-24-19-9-5-4-8-18(19)21(29)27-12-10-26(11-13-27)20(28)16-6-2-1-3-7-16/h1-9,15,24H,10-14H2. The molecule has 3 aromatic rings. The molecule has 0 spiro atoms. The van der Waals surface area contributed by atoms with Gasteiger partial charge >= 0.3 is 0 Å². The maximum Gasteiger partial charge on any atom is 0.256 e. The van der Waals surface area contributed by atoms with Gasteiger partial charge < -0.3 is 15.1 Å². The molecule has 0 aliphatic carbocycles. The number of carbonyl (C=O) groups excluding carboxylic acids is 2. The third-order valence-electron chi connectivity index (χ3n) is 5.01. The van der Waals surface area contributed by atoms with Crippen molar-refractivity contribution >= 4 is 40.4 Å². The van der Waals surface area contributed by atoms with Gasteiger partial charge in [0.15, 0.2) is 4.47 Å². The van der Waals surface area contributed by atoms with Gasteiger partial charge in [0.25, 0.3) is 11.8 Å². The second-order valence-electron chi connectivity index (χ2n) is 6.93. The second-order valence-corrected chi connectivity index (χ2v) is 8.63. The number of amides is 2. The molecule has 2 aromatic carbocycles. The number of halogens is 1. The van der Waals surface area contributed by atoms with Gasteiger partial charge in [-0.05, 0) is 24.3 Å². The molecule has 0 saturated carbocycles. The molecule has 0 bridgehead atoms. The highest BCUT2D eigenvalue weighted by Gasteiger charge is 2.26. The molecule has 2 heterocycles. The zero-order valence-corrected chi connectivity index (χ0v) is 17.8. The average molecular weight is 441 g/mol. The fourth-order valence-electron chi connectivity index (χ4n) is 3.42. The van der Waals surface area contributed by atoms with E-state index >= 15 is 0 Å². The molecule has 0 unspecified atom stereocenters. The Morgan fingerprint density at radius 3 is 2.23 bits per heavy atom. The summed E-state index contributed by atoms with van der Waals surface area (Å²) < 4.78 is 0.499. The number of rotatable bonds is 5. The number of aromatic nitrogens is 1. The third kappa shape index (κ3) is 4.63. The molecule has 0 atom stereocenters. The van der Waals surface area contributed by atoms with Crippen molar-refractivity contribution in [3.63, 3.8) is 0 Å². The summed E-state index contributed by atoms with van der Waals surface area (Å²) in [6.07, 6.45) is 1.73. The third-order valence-corrected chi connectivity index (χ3v) is 6.13. The van der Waals surface area contributed by atoms with E-state index in [1.807, 2.05) is 54.6 Å². The summed E-state index contributed by atoms with van der Waals surface area (Å²) in [5.74, 6) is -0.0276. The first-order chi connectivity index (χ1) is 14.6. The van der Waals surface area contributed by atoms with E-state index in [1.54, 1.807) is 16.0 Å². The van der Waals surface area contributed by atoms with Crippen LogP contribution in [0, 0.1) is 0 Å². The number of nitrogens with zero attached hydrogens (tertiary/aromatic N) is 3. The van der Waals surface area contributed by atoms with Crippen LogP contribution >= 0.6 is 22.9 Å². The van der Waals surface area contributed by atoms with Crippen LogP contribution in [0.2, 0.25) is 4.47 Å². The van der Waals surface area contributed by atoms with Gasteiger partial charge in [-0.1, -0.05) is 41.9 Å². The van der Waals surface area contributed by atoms with Crippen molar-refractivity contribution in [2.45, 2.75) is 6.54 Å². The first kappa shape index (κ1) is 20.4. The minimum atomic E-state index is -0.0350. The largest absolute Gasteiger partial charge is 0.379 e. The van der Waals surface area contributed by atoms with Crippen LogP contribution in [0.3, 0.4) is 0 Å². The minimum absolute atomic E-state index is 0.00739. The summed E-state index contributed by atoms with van der Waals surface area (Å²) in [6.45, 7) is 2.61. The molecule has 4 rings (SSSR count). The van der Waals surface area contributed by atoms with Crippen molar-refractivity contribution < 1.29 is 9.59 Å². The molecule has 1 aromatic heterocycles. The predicted molar refractivity (Wildman–Crippen MR) is 119 cm³/mol. The summed E-state index contributed by atoms with van der Waals surface area (Å²) >= 11 is 7.30. The summed E-state index contributed by atoms with van der Waals surface area (Å²) in [7, 11) is 0. The Bertz CT molecular complexity index is 1030. The fraction of sp³-hybridized carbons (Fsp3) is 0.227. The predicted octanol–water partition coefficient (Wildman–Crippen LogP) is 4.01. The van der Waals surface area contributed by atoms with Gasteiger partial charge in [-0.2, -0.15) is 0 Å². The van der Waals surface area contributed by atoms with Crippen LogP contribution in [-0.4, -0.2) is 52.8 Å². The van der Waals surface area contributed by atoms with Crippen LogP contribution in [0.5, 0.6) is 0 Å². The number of hydrogen-bond donors (Lipinski definition) is 1. The Labute approximate surface area is 184 Å². The van der Waals surface area contributed by atoms with E-state index in [0.717, 1.165) is 10.6 Å². The van der Waals surface area contributed by atoms with Gasteiger partial charge in [-0.15, -0.1) is 11.3 Å². The summed E-state index contributed by atoms with van der Waals surface area (Å²) in [4.78, 5) is 34.4. The molecule has 8 heteroatoms. The van der Waals surface area contributed by atoms with Crippen LogP contribution in [0.15, 0.2) is 60.8 Å². The molecule has 154 valence electrons. The van der Waals surface area contributed by atoms with E-state index in [1.165, 1.54) is 11.3 Å². The average Bonchev–Trinajstić information content (AvgIpc) is 3.22. The number of carbonyl (C=O) groups is 2. The number of hydrogen-bond acceptors (Lipinski definition) is 5. The monoisotopic (exact) mass is 440 g/mol. The molecule has 1 aliphatic heterocycles. The smallest absolute Gasteiger partial charge is 0.256 e. The molecule has 6 nitrogen and oxygen atoms in total. The van der Waals surface area contributed by atoms with Gasteiger partial charge in [0.2, 0.25) is 0 Å². The van der Waals surface area contributed by atoms with E-state index in [0.29, 0.717) is 48.3 Å². The zero-order valence-electron chi connectivity index (χ0n) is 16.3. The van der Waals surface area contributed by atoms with Crippen LogP contribution in [0.4, 0.5) is 5.69 Å². The Morgan fingerprint density at radius 2 is 1.57 bits per heavy atom. The Morgan fingerprint density at radius 1 is 0.933 bits per heavy atom. The lowest BCUT2D eigenvalue weighted by atomic mass is 10.1. The zero-order chi connectivity index (χ0) is 20.9. The highest BCUT2D eigenvalue weighted by Crippen LogP contribution is 2.22. The molecule has 1 saturated heterocycles. The molecule has 1 fully saturated rings. The van der Waals surface area contributed by atoms with Crippen LogP contribution in [-0.2, 0) is 6.54 Å². The van der Waals surface area contributed by atoms with Gasteiger partial charge in [-0.25, -0.2) is 4.98 Å². The van der Waals surface area contributed by atoms with E-state index in [-0.39, 0.29) is 11.8 Å². The molecule has 1 N–H and O–H groups in total. The van der Waals surface area contributed by atoms with E-state index < -0.39 is 0 Å². The van der Waals surface area contributed by atoms with Crippen LogP contribution < -0.4 is 5.32 Å². The molecule has 0 radical (unpaired) electrons. The maximum absolute atomic E-state index is 13.1. The lowest BCUT2D eigenvalue weighted by molar-refractivity contribution is 0.0536. The number of thiazole rings is 1. The van der Waals surface area contributed by atoms with Crippen molar-refractivity contribution in [1.82, 2.24) is 14.8 Å². The quantitative estimate of drug-likeness (QED) is 0.651. The highest BCUT2D eigenvalue weighted by molar-refractivity contribution is 7.15. The van der Waals surface area contributed by atoms with Crippen molar-refractivity contribution in [2.24, 2.45) is 0 Å². The van der Waals surface area contributed by atoms with Gasteiger partial charge in [0.05, 0.1) is 12.1 Å². The normalized spacial score (nSPS) is 13.9. The molecular weight excluding hydrogens is 420 g/mol. The van der Waals surface area contributed by atoms with Crippen molar-refractivity contribution in [3.8, 4) is 0 Å². The summed E-state index contributed by atoms with van der Waals surface area (Å²) in [5, 5.41) is 3.31. The Kier molecular flexibility index (Phi) is 6.30. The van der Waals surface area contributed by atoms with Gasteiger partial charge in [0, 0.05) is 48.5 Å². The first-order valence-corrected chi connectivity index (χ1v) is 10.9. The molecular formula is C22H21ClN4O2S. The van der Waals surface area contributed by atoms with E-state index in [4.69, 9.17) is 11.6 Å². The van der Waals surface area contributed by atoms with E-state index in [9.17, 15) is 9.59 Å². The number of piperazine rings is 1. The van der Waals surface area contributed by atoms with Crippen LogP contribution in [0.25, 0.3) is 0 Å². The Hall–Kier alpha value is -2.90. The molecule has 1 aliphatic rings. The van der Waals surface area contributed by atoms with Gasteiger partial charge in [-0.3, -0.25) is 9.59 Å². The topological polar surface area (TPSA) is 65.5 Å². The van der Waals surface area contributed by atoms with E-state index in [2.05, 4.69) is 10.3 Å². The van der Waals surface area contributed by atoms with Crippen molar-refractivity contribution in [1.29, 1.82) is 0 Å². The summed E-state index contributed by atoms with van der Waals surface area (Å²) in [6, 6.07) is 16.7. The number of benzene rings is 2. The number of para-hydroxylation sites is 1. The second kappa shape index (κ2) is 9.28. The Balaban J connectivity index is 1.39. The number of nitrogens with one attached hydrogen (secondary N) is 1.